The van der Waals surface area contributed by atoms with Gasteiger partial charge in [-0.2, -0.15) is 0 Å². The molecule has 0 aliphatic rings. The van der Waals surface area contributed by atoms with Gasteiger partial charge in [-0.05, 0) is 42.0 Å². The summed E-state index contributed by atoms with van der Waals surface area (Å²) in [6, 6.07) is 13.0. The van der Waals surface area contributed by atoms with Crippen molar-refractivity contribution in [2.75, 3.05) is 25.2 Å². The van der Waals surface area contributed by atoms with Crippen molar-refractivity contribution >= 4 is 29.3 Å². The summed E-state index contributed by atoms with van der Waals surface area (Å²) in [5.41, 5.74) is 2.27. The Kier molecular flexibility index (Phi) is 6.37. The van der Waals surface area contributed by atoms with E-state index in [0.29, 0.717) is 22.8 Å². The molecular weight excluding hydrogens is 327 g/mol. The van der Waals surface area contributed by atoms with Gasteiger partial charge in [0.05, 0.1) is 5.75 Å². The van der Waals surface area contributed by atoms with Crippen LogP contribution in [0.4, 0.5) is 10.1 Å². The molecule has 0 radical (unpaired) electrons. The predicted molar refractivity (Wildman–Crippen MR) is 95.7 cm³/mol. The molecule has 0 aromatic heterocycles. The van der Waals surface area contributed by atoms with Gasteiger partial charge in [0, 0.05) is 31.1 Å². The van der Waals surface area contributed by atoms with Crippen molar-refractivity contribution in [1.82, 2.24) is 4.90 Å². The molecule has 0 saturated heterocycles. The summed E-state index contributed by atoms with van der Waals surface area (Å²) in [6.45, 7) is 0. The fourth-order valence-electron chi connectivity index (χ4n) is 1.99. The van der Waals surface area contributed by atoms with Crippen molar-refractivity contribution in [2.45, 2.75) is 5.75 Å². The minimum absolute atomic E-state index is 0.0344. The van der Waals surface area contributed by atoms with Crippen molar-refractivity contribution in [3.63, 3.8) is 0 Å². The SMILES string of the molecule is CN(C)C(=O)c1ccc(CSCC(=O)Nc2ccc(F)cc2)cc1. The summed E-state index contributed by atoms with van der Waals surface area (Å²) in [5.74, 6) is 0.473. The molecule has 0 atom stereocenters. The summed E-state index contributed by atoms with van der Waals surface area (Å²) in [6.07, 6.45) is 0. The van der Waals surface area contributed by atoms with E-state index in [9.17, 15) is 14.0 Å². The maximum atomic E-state index is 12.8. The Balaban J connectivity index is 1.78. The van der Waals surface area contributed by atoms with Crippen molar-refractivity contribution < 1.29 is 14.0 Å². The number of anilines is 1. The van der Waals surface area contributed by atoms with Gasteiger partial charge < -0.3 is 10.2 Å². The lowest BCUT2D eigenvalue weighted by Gasteiger charge is -2.10. The van der Waals surface area contributed by atoms with E-state index in [2.05, 4.69) is 5.32 Å². The van der Waals surface area contributed by atoms with Crippen molar-refractivity contribution in [3.05, 3.63) is 65.5 Å². The van der Waals surface area contributed by atoms with Crippen LogP contribution < -0.4 is 5.32 Å². The number of nitrogens with zero attached hydrogens (tertiary/aromatic N) is 1. The Morgan fingerprint density at radius 2 is 1.67 bits per heavy atom. The number of amides is 2. The molecule has 6 heteroatoms. The van der Waals surface area contributed by atoms with E-state index in [1.165, 1.54) is 40.9 Å². The van der Waals surface area contributed by atoms with Crippen LogP contribution in [-0.4, -0.2) is 36.6 Å². The number of nitrogens with one attached hydrogen (secondary N) is 1. The highest BCUT2D eigenvalue weighted by Crippen LogP contribution is 2.15. The van der Waals surface area contributed by atoms with Crippen LogP contribution in [0.1, 0.15) is 15.9 Å². The van der Waals surface area contributed by atoms with Crippen molar-refractivity contribution in [3.8, 4) is 0 Å². The van der Waals surface area contributed by atoms with Gasteiger partial charge in [-0.1, -0.05) is 12.1 Å². The Morgan fingerprint density at radius 1 is 1.04 bits per heavy atom. The molecule has 0 unspecified atom stereocenters. The van der Waals surface area contributed by atoms with Crippen LogP contribution in [0.15, 0.2) is 48.5 Å². The molecule has 2 amide bonds. The highest BCUT2D eigenvalue weighted by molar-refractivity contribution is 7.99. The van der Waals surface area contributed by atoms with E-state index >= 15 is 0 Å². The summed E-state index contributed by atoms with van der Waals surface area (Å²) in [7, 11) is 3.43. The van der Waals surface area contributed by atoms with Crippen LogP contribution in [0.25, 0.3) is 0 Å². The zero-order valence-corrected chi connectivity index (χ0v) is 14.4. The lowest BCUT2D eigenvalue weighted by atomic mass is 10.1. The molecule has 0 aliphatic heterocycles. The maximum absolute atomic E-state index is 12.8. The molecule has 0 spiro atoms. The van der Waals surface area contributed by atoms with Crippen LogP contribution >= 0.6 is 11.8 Å². The monoisotopic (exact) mass is 346 g/mol. The fraction of sp³-hybridized carbons (Fsp3) is 0.222. The van der Waals surface area contributed by atoms with E-state index in [0.717, 1.165) is 5.56 Å². The first-order chi connectivity index (χ1) is 11.5. The average Bonchev–Trinajstić information content (AvgIpc) is 2.57. The number of carbonyl (C=O) groups is 2. The highest BCUT2D eigenvalue weighted by Gasteiger charge is 2.08. The van der Waals surface area contributed by atoms with Crippen molar-refractivity contribution in [2.24, 2.45) is 0 Å². The van der Waals surface area contributed by atoms with Crippen LogP contribution in [0.2, 0.25) is 0 Å². The second-order valence-electron chi connectivity index (χ2n) is 5.44. The van der Waals surface area contributed by atoms with Gasteiger partial charge >= 0.3 is 0 Å². The second-order valence-corrected chi connectivity index (χ2v) is 6.43. The smallest absolute Gasteiger partial charge is 0.253 e. The lowest BCUT2D eigenvalue weighted by molar-refractivity contribution is -0.113. The fourth-order valence-corrected chi connectivity index (χ4v) is 2.78. The summed E-state index contributed by atoms with van der Waals surface area (Å²) >= 11 is 1.48. The molecule has 0 bridgehead atoms. The van der Waals surface area contributed by atoms with E-state index < -0.39 is 0 Å². The Bertz CT molecular complexity index is 700. The largest absolute Gasteiger partial charge is 0.345 e. The number of rotatable bonds is 6. The zero-order valence-electron chi connectivity index (χ0n) is 13.6. The van der Waals surface area contributed by atoms with Crippen LogP contribution in [0, 0.1) is 5.82 Å². The third kappa shape index (κ3) is 5.38. The molecule has 1 N–H and O–H groups in total. The molecule has 0 saturated carbocycles. The van der Waals surface area contributed by atoms with Gasteiger partial charge in [-0.25, -0.2) is 4.39 Å². The number of carbonyl (C=O) groups excluding carboxylic acids is 2. The highest BCUT2D eigenvalue weighted by atomic mass is 32.2. The number of thioether (sulfide) groups is 1. The van der Waals surface area contributed by atoms with Gasteiger partial charge in [0.2, 0.25) is 5.91 Å². The molecule has 2 aromatic carbocycles. The Labute approximate surface area is 145 Å². The van der Waals surface area contributed by atoms with Crippen LogP contribution in [-0.2, 0) is 10.5 Å². The number of hydrogen-bond donors (Lipinski definition) is 1. The maximum Gasteiger partial charge on any atom is 0.253 e. The normalized spacial score (nSPS) is 10.3. The zero-order chi connectivity index (χ0) is 17.5. The van der Waals surface area contributed by atoms with E-state index in [1.807, 2.05) is 12.1 Å². The van der Waals surface area contributed by atoms with E-state index in [1.54, 1.807) is 26.2 Å². The summed E-state index contributed by atoms with van der Waals surface area (Å²) in [4.78, 5) is 25.2. The number of halogens is 1. The first-order valence-electron chi connectivity index (χ1n) is 7.39. The standard InChI is InChI=1S/C18H19FN2O2S/c1-21(2)18(23)14-5-3-13(4-6-14)11-24-12-17(22)20-16-9-7-15(19)8-10-16/h3-10H,11-12H2,1-2H3,(H,20,22). The van der Waals surface area contributed by atoms with E-state index in [4.69, 9.17) is 0 Å². The van der Waals surface area contributed by atoms with E-state index in [-0.39, 0.29) is 17.6 Å². The van der Waals surface area contributed by atoms with Crippen LogP contribution in [0.5, 0.6) is 0 Å². The predicted octanol–water partition coefficient (Wildman–Crippen LogP) is 3.40. The molecule has 2 rings (SSSR count). The molecule has 126 valence electrons. The average molecular weight is 346 g/mol. The van der Waals surface area contributed by atoms with Crippen LogP contribution in [0.3, 0.4) is 0 Å². The Morgan fingerprint density at radius 3 is 2.25 bits per heavy atom. The first-order valence-corrected chi connectivity index (χ1v) is 8.55. The molecule has 24 heavy (non-hydrogen) atoms. The number of benzene rings is 2. The molecule has 0 aliphatic carbocycles. The third-order valence-electron chi connectivity index (χ3n) is 3.24. The molecule has 4 nitrogen and oxygen atoms in total. The topological polar surface area (TPSA) is 49.4 Å². The molecule has 0 heterocycles. The Hall–Kier alpha value is -2.34. The van der Waals surface area contributed by atoms with Gasteiger partial charge in [0.25, 0.3) is 5.91 Å². The van der Waals surface area contributed by atoms with Gasteiger partial charge in [-0.3, -0.25) is 9.59 Å². The third-order valence-corrected chi connectivity index (χ3v) is 4.24. The second kappa shape index (κ2) is 8.49. The minimum Gasteiger partial charge on any atom is -0.345 e. The molecule has 0 fully saturated rings. The molecule has 2 aromatic rings. The van der Waals surface area contributed by atoms with Gasteiger partial charge in [0.15, 0.2) is 0 Å². The number of hydrogen-bond acceptors (Lipinski definition) is 3. The van der Waals surface area contributed by atoms with Gasteiger partial charge in [-0.15, -0.1) is 11.8 Å². The van der Waals surface area contributed by atoms with Gasteiger partial charge in [0.1, 0.15) is 5.82 Å². The quantitative estimate of drug-likeness (QED) is 0.872. The summed E-state index contributed by atoms with van der Waals surface area (Å²) < 4.78 is 12.8. The minimum atomic E-state index is -0.335. The lowest BCUT2D eigenvalue weighted by Crippen LogP contribution is -2.21. The summed E-state index contributed by atoms with van der Waals surface area (Å²) in [5, 5.41) is 2.72. The first kappa shape index (κ1) is 18.0. The van der Waals surface area contributed by atoms with Crippen molar-refractivity contribution in [1.29, 1.82) is 0 Å². The molecular formula is C18H19FN2O2S.